The Morgan fingerprint density at radius 2 is 1.73 bits per heavy atom. The van der Waals surface area contributed by atoms with Gasteiger partial charge in [0, 0.05) is 12.1 Å². The summed E-state index contributed by atoms with van der Waals surface area (Å²) >= 11 is 0. The highest BCUT2D eigenvalue weighted by Gasteiger charge is 2.35. The van der Waals surface area contributed by atoms with E-state index in [9.17, 15) is 26.4 Å². The van der Waals surface area contributed by atoms with E-state index in [4.69, 9.17) is 13.7 Å². The highest BCUT2D eigenvalue weighted by Crippen LogP contribution is 2.32. The summed E-state index contributed by atoms with van der Waals surface area (Å²) < 4.78 is 77.1. The third kappa shape index (κ3) is 6.84. The maximum atomic E-state index is 12.8. The van der Waals surface area contributed by atoms with E-state index in [1.165, 1.54) is 12.1 Å². The zero-order valence-electron chi connectivity index (χ0n) is 18.0. The second kappa shape index (κ2) is 10.0. The predicted octanol–water partition coefficient (Wildman–Crippen LogP) is 3.88. The van der Waals surface area contributed by atoms with Gasteiger partial charge < -0.3 is 14.4 Å². The van der Waals surface area contributed by atoms with Crippen LogP contribution >= 0.6 is 0 Å². The molecule has 33 heavy (non-hydrogen) atoms. The van der Waals surface area contributed by atoms with E-state index in [1.54, 1.807) is 31.2 Å². The van der Waals surface area contributed by atoms with Crippen LogP contribution in [0.25, 0.3) is 0 Å². The van der Waals surface area contributed by atoms with Crippen LogP contribution in [0.4, 0.5) is 18.9 Å². The quantitative estimate of drug-likeness (QED) is 0.413. The number of nitrogens with zero attached hydrogens (tertiary/aromatic N) is 1. The first kappa shape index (κ1) is 24.8. The van der Waals surface area contributed by atoms with Crippen molar-refractivity contribution in [2.75, 3.05) is 30.9 Å². The number of esters is 1. The molecule has 0 bridgehead atoms. The fraction of sp³-hybridized carbons (Fsp3) is 0.409. The summed E-state index contributed by atoms with van der Waals surface area (Å²) in [5, 5.41) is 0. The summed E-state index contributed by atoms with van der Waals surface area (Å²) in [5.41, 5.74) is 0.314. The lowest BCUT2D eigenvalue weighted by Crippen LogP contribution is -2.34. The molecule has 1 aliphatic rings. The Labute approximate surface area is 190 Å². The van der Waals surface area contributed by atoms with Gasteiger partial charge in [-0.3, -0.25) is 4.18 Å². The van der Waals surface area contributed by atoms with Crippen molar-refractivity contribution in [3.8, 4) is 5.75 Å². The Kier molecular flexibility index (Phi) is 7.53. The topological polar surface area (TPSA) is 82.1 Å². The van der Waals surface area contributed by atoms with Gasteiger partial charge >= 0.3 is 12.1 Å². The SMILES string of the molecule is CCOC(=O)c1ccc(N2C[C@H](Oc3ccc(C(F)(F)F)cc3)C[C@H]2COS(C)(=O)=O)cc1. The first-order valence-electron chi connectivity index (χ1n) is 10.2. The smallest absolute Gasteiger partial charge is 0.416 e. The van der Waals surface area contributed by atoms with Crippen LogP contribution in [0.5, 0.6) is 5.75 Å². The fourth-order valence-corrected chi connectivity index (χ4v) is 3.96. The van der Waals surface area contributed by atoms with E-state index < -0.39 is 33.9 Å². The molecule has 2 atom stereocenters. The van der Waals surface area contributed by atoms with Crippen molar-refractivity contribution in [2.45, 2.75) is 31.7 Å². The van der Waals surface area contributed by atoms with Crippen molar-refractivity contribution in [1.29, 1.82) is 0 Å². The Morgan fingerprint density at radius 1 is 1.09 bits per heavy atom. The molecule has 1 saturated heterocycles. The lowest BCUT2D eigenvalue weighted by molar-refractivity contribution is -0.137. The fourth-order valence-electron chi connectivity index (χ4n) is 3.55. The van der Waals surface area contributed by atoms with Gasteiger partial charge in [-0.2, -0.15) is 21.6 Å². The molecule has 0 N–H and O–H groups in total. The molecule has 1 fully saturated rings. The van der Waals surface area contributed by atoms with Crippen LogP contribution in [0.2, 0.25) is 0 Å². The lowest BCUT2D eigenvalue weighted by Gasteiger charge is -2.26. The second-order valence-corrected chi connectivity index (χ2v) is 9.20. The molecule has 0 saturated carbocycles. The third-order valence-corrected chi connectivity index (χ3v) is 5.61. The molecule has 180 valence electrons. The van der Waals surface area contributed by atoms with Crippen molar-refractivity contribution < 1.29 is 40.0 Å². The molecule has 2 aromatic carbocycles. The molecule has 11 heteroatoms. The van der Waals surface area contributed by atoms with E-state index in [0.29, 0.717) is 24.2 Å². The van der Waals surface area contributed by atoms with Crippen LogP contribution in [-0.4, -0.2) is 52.5 Å². The molecule has 1 heterocycles. The second-order valence-electron chi connectivity index (χ2n) is 7.56. The number of anilines is 1. The first-order valence-corrected chi connectivity index (χ1v) is 12.0. The molecule has 0 aromatic heterocycles. The van der Waals surface area contributed by atoms with Crippen molar-refractivity contribution in [2.24, 2.45) is 0 Å². The van der Waals surface area contributed by atoms with E-state index in [1.807, 2.05) is 4.90 Å². The molecule has 3 rings (SSSR count). The molecule has 1 aliphatic heterocycles. The number of carbonyl (C=O) groups excluding carboxylic acids is 1. The monoisotopic (exact) mass is 487 g/mol. The molecule has 0 radical (unpaired) electrons. The number of hydrogen-bond acceptors (Lipinski definition) is 7. The van der Waals surface area contributed by atoms with Crippen LogP contribution < -0.4 is 9.64 Å². The maximum absolute atomic E-state index is 12.8. The number of rotatable bonds is 8. The molecular weight excluding hydrogens is 463 g/mol. The summed E-state index contributed by atoms with van der Waals surface area (Å²) in [6.07, 6.45) is -3.51. The molecule has 2 aromatic rings. The van der Waals surface area contributed by atoms with Gasteiger partial charge in [0.15, 0.2) is 0 Å². The van der Waals surface area contributed by atoms with E-state index in [2.05, 4.69) is 0 Å². The van der Waals surface area contributed by atoms with Crippen molar-refractivity contribution in [1.82, 2.24) is 0 Å². The zero-order valence-corrected chi connectivity index (χ0v) is 18.9. The maximum Gasteiger partial charge on any atom is 0.416 e. The largest absolute Gasteiger partial charge is 0.489 e. The summed E-state index contributed by atoms with van der Waals surface area (Å²) in [6, 6.07) is 10.6. The van der Waals surface area contributed by atoms with Crippen molar-refractivity contribution >= 4 is 21.8 Å². The van der Waals surface area contributed by atoms with Gasteiger partial charge in [0.25, 0.3) is 10.1 Å². The number of ether oxygens (including phenoxy) is 2. The standard InChI is InChI=1S/C22H24F3NO6S/c1-3-30-21(27)15-4-8-17(9-5-15)26-13-20(12-18(26)14-31-33(2,28)29)32-19-10-6-16(7-11-19)22(23,24)25/h4-11,18,20H,3,12-14H2,1-2H3/t18-,20+/m0/s1. The predicted molar refractivity (Wildman–Crippen MR) is 115 cm³/mol. The number of benzene rings is 2. The molecule has 7 nitrogen and oxygen atoms in total. The van der Waals surface area contributed by atoms with Gasteiger partial charge in [0.1, 0.15) is 11.9 Å². The highest BCUT2D eigenvalue weighted by atomic mass is 32.2. The van der Waals surface area contributed by atoms with Crippen LogP contribution in [0, 0.1) is 0 Å². The van der Waals surface area contributed by atoms with Gasteiger partial charge in [-0.05, 0) is 55.5 Å². The Morgan fingerprint density at radius 3 is 2.27 bits per heavy atom. The molecule has 0 amide bonds. The van der Waals surface area contributed by atoms with E-state index in [0.717, 1.165) is 18.4 Å². The minimum atomic E-state index is -4.44. The average molecular weight is 487 g/mol. The zero-order chi connectivity index (χ0) is 24.2. The number of carbonyl (C=O) groups is 1. The lowest BCUT2D eigenvalue weighted by atomic mass is 10.1. The number of halogens is 3. The van der Waals surface area contributed by atoms with Crippen molar-refractivity contribution in [3.63, 3.8) is 0 Å². The van der Waals surface area contributed by atoms with Crippen LogP contribution in [0.15, 0.2) is 48.5 Å². The van der Waals surface area contributed by atoms with Crippen molar-refractivity contribution in [3.05, 3.63) is 59.7 Å². The van der Waals surface area contributed by atoms with Crippen LogP contribution in [0.3, 0.4) is 0 Å². The average Bonchev–Trinajstić information content (AvgIpc) is 3.14. The summed E-state index contributed by atoms with van der Waals surface area (Å²) in [5.74, 6) is -0.179. The van der Waals surface area contributed by atoms with Gasteiger partial charge in [-0.25, -0.2) is 4.79 Å². The van der Waals surface area contributed by atoms with Gasteiger partial charge in [0.2, 0.25) is 0 Å². The van der Waals surface area contributed by atoms with E-state index >= 15 is 0 Å². The highest BCUT2D eigenvalue weighted by molar-refractivity contribution is 7.85. The van der Waals surface area contributed by atoms with E-state index in [-0.39, 0.29) is 25.0 Å². The minimum Gasteiger partial charge on any atom is -0.489 e. The Hall–Kier alpha value is -2.79. The number of hydrogen-bond donors (Lipinski definition) is 0. The minimum absolute atomic E-state index is 0.120. The number of alkyl halides is 3. The molecular formula is C22H24F3NO6S. The van der Waals surface area contributed by atoms with Crippen LogP contribution in [0.1, 0.15) is 29.3 Å². The van der Waals surface area contributed by atoms with Gasteiger partial charge in [-0.1, -0.05) is 0 Å². The first-order chi connectivity index (χ1) is 15.5. The summed E-state index contributed by atoms with van der Waals surface area (Å²) in [7, 11) is -3.67. The molecule has 0 unspecified atom stereocenters. The Balaban J connectivity index is 1.75. The van der Waals surface area contributed by atoms with Gasteiger partial charge in [-0.15, -0.1) is 0 Å². The normalized spacial score (nSPS) is 18.9. The summed E-state index contributed by atoms with van der Waals surface area (Å²) in [4.78, 5) is 13.8. The molecule has 0 aliphatic carbocycles. The van der Waals surface area contributed by atoms with Gasteiger partial charge in [0.05, 0.1) is 43.2 Å². The van der Waals surface area contributed by atoms with Crippen LogP contribution in [-0.2, 0) is 25.2 Å². The molecule has 0 spiro atoms. The Bertz CT molecular complexity index is 1060. The third-order valence-electron chi connectivity index (χ3n) is 5.05. The summed E-state index contributed by atoms with van der Waals surface area (Å²) in [6.45, 7) is 2.18.